The quantitative estimate of drug-likeness (QED) is 0.319. The summed E-state index contributed by atoms with van der Waals surface area (Å²) in [6, 6.07) is 6.29. The van der Waals surface area contributed by atoms with E-state index in [1.54, 1.807) is 20.2 Å². The fourth-order valence-corrected chi connectivity index (χ4v) is 4.50. The molecule has 0 aromatic heterocycles. The molecule has 1 aromatic rings. The monoisotopic (exact) mass is 564 g/mol. The van der Waals surface area contributed by atoms with Gasteiger partial charge in [-0.1, -0.05) is 17.7 Å². The van der Waals surface area contributed by atoms with Gasteiger partial charge in [-0.15, -0.1) is 24.0 Å². The summed E-state index contributed by atoms with van der Waals surface area (Å²) in [7, 11) is 3.40. The van der Waals surface area contributed by atoms with Crippen LogP contribution in [-0.4, -0.2) is 54.8 Å². The number of hydrogen-bond donors (Lipinski definition) is 2. The van der Waals surface area contributed by atoms with Crippen LogP contribution in [-0.2, 0) is 11.3 Å². The minimum Gasteiger partial charge on any atom is -0.496 e. The lowest BCUT2D eigenvalue weighted by Crippen LogP contribution is -2.54. The van der Waals surface area contributed by atoms with E-state index in [0.717, 1.165) is 43.0 Å². The lowest BCUT2D eigenvalue weighted by molar-refractivity contribution is 0.00545. The van der Waals surface area contributed by atoms with Crippen LogP contribution in [0.4, 0.5) is 4.79 Å². The van der Waals surface area contributed by atoms with Gasteiger partial charge in [-0.3, -0.25) is 4.99 Å². The first-order valence-corrected chi connectivity index (χ1v) is 10.9. The van der Waals surface area contributed by atoms with Crippen LogP contribution in [0.15, 0.2) is 23.2 Å². The molecule has 0 aliphatic carbocycles. The second kappa shape index (κ2) is 10.9. The number of carbonyl (C=O) groups excluding carboxylic acids is 1. The molecule has 2 aliphatic heterocycles. The van der Waals surface area contributed by atoms with Gasteiger partial charge in [0.25, 0.3) is 0 Å². The Hall–Kier alpha value is -1.42. The zero-order chi connectivity index (χ0) is 21.9. The molecule has 9 heteroatoms. The van der Waals surface area contributed by atoms with Crippen LogP contribution in [0.5, 0.6) is 5.75 Å². The maximum absolute atomic E-state index is 12.6. The highest BCUT2D eigenvalue weighted by Crippen LogP contribution is 2.36. The Morgan fingerprint density at radius 3 is 2.45 bits per heavy atom. The van der Waals surface area contributed by atoms with Crippen molar-refractivity contribution in [2.45, 2.75) is 76.7 Å². The third-order valence-electron chi connectivity index (χ3n) is 5.60. The van der Waals surface area contributed by atoms with Crippen LogP contribution < -0.4 is 15.4 Å². The van der Waals surface area contributed by atoms with E-state index in [-0.39, 0.29) is 48.2 Å². The van der Waals surface area contributed by atoms with E-state index in [2.05, 4.69) is 15.6 Å². The highest BCUT2D eigenvalue weighted by Gasteiger charge is 2.45. The van der Waals surface area contributed by atoms with Crippen LogP contribution in [0, 0.1) is 0 Å². The molecule has 1 amide bonds. The van der Waals surface area contributed by atoms with Gasteiger partial charge in [0.15, 0.2) is 5.96 Å². The van der Waals surface area contributed by atoms with Crippen LogP contribution >= 0.6 is 35.6 Å². The van der Waals surface area contributed by atoms with E-state index >= 15 is 0 Å². The number of methoxy groups -OCH3 is 1. The molecule has 0 saturated carbocycles. The third-order valence-corrected chi connectivity index (χ3v) is 5.83. The zero-order valence-electron chi connectivity index (χ0n) is 18.9. The summed E-state index contributed by atoms with van der Waals surface area (Å²) in [5, 5.41) is 7.52. The van der Waals surface area contributed by atoms with Gasteiger partial charge in [0.1, 0.15) is 11.4 Å². The van der Waals surface area contributed by atoms with Crippen LogP contribution in [0.3, 0.4) is 0 Å². The molecule has 2 bridgehead atoms. The largest absolute Gasteiger partial charge is 0.496 e. The summed E-state index contributed by atoms with van der Waals surface area (Å²) >= 11 is 6.04. The number of benzene rings is 1. The van der Waals surface area contributed by atoms with Crippen molar-refractivity contribution in [1.29, 1.82) is 0 Å². The SMILES string of the molecule is CN=C(NCc1ccc(Cl)cc1OC)NC1CC2CCC(C1)N2C(=O)OC(C)(C)C.I. The number of fused-ring (bicyclic) bond motifs is 2. The van der Waals surface area contributed by atoms with Crippen molar-refractivity contribution in [2.24, 2.45) is 4.99 Å². The Bertz CT molecular complexity index is 785. The maximum atomic E-state index is 12.6. The predicted octanol–water partition coefficient (Wildman–Crippen LogP) is 4.56. The standard InChI is InChI=1S/C22H33ClN4O3.HI/c1-22(2,3)30-21(28)27-17-8-9-18(27)12-16(11-17)26-20(24-4)25-13-14-6-7-15(23)10-19(14)29-5;/h6-7,10,16-18H,8-9,11-13H2,1-5H3,(H2,24,25,26);1H. The smallest absolute Gasteiger partial charge is 0.410 e. The lowest BCUT2D eigenvalue weighted by Gasteiger charge is -2.40. The molecule has 174 valence electrons. The normalized spacial score (nSPS) is 23.1. The molecule has 2 heterocycles. The van der Waals surface area contributed by atoms with Gasteiger partial charge < -0.3 is 25.0 Å². The average molecular weight is 565 g/mol. The van der Waals surface area contributed by atoms with Crippen molar-refractivity contribution >= 4 is 47.6 Å². The minimum atomic E-state index is -0.472. The molecule has 1 aromatic carbocycles. The average Bonchev–Trinajstić information content (AvgIpc) is 2.95. The van der Waals surface area contributed by atoms with Gasteiger partial charge >= 0.3 is 6.09 Å². The van der Waals surface area contributed by atoms with Crippen molar-refractivity contribution in [2.75, 3.05) is 14.2 Å². The summed E-state index contributed by atoms with van der Waals surface area (Å²) in [5.74, 6) is 1.48. The molecule has 2 saturated heterocycles. The number of piperidine rings is 1. The first kappa shape index (κ1) is 25.8. The number of hydrogen-bond acceptors (Lipinski definition) is 4. The fourth-order valence-electron chi connectivity index (χ4n) is 4.34. The van der Waals surface area contributed by atoms with Gasteiger partial charge in [0.05, 0.1) is 7.11 Å². The molecule has 2 fully saturated rings. The van der Waals surface area contributed by atoms with Crippen molar-refractivity contribution in [3.05, 3.63) is 28.8 Å². The fraction of sp³-hybridized carbons (Fsp3) is 0.636. The summed E-state index contributed by atoms with van der Waals surface area (Å²) in [6.07, 6.45) is 3.64. The topological polar surface area (TPSA) is 75.2 Å². The summed E-state index contributed by atoms with van der Waals surface area (Å²) in [5.41, 5.74) is 0.532. The van der Waals surface area contributed by atoms with E-state index in [9.17, 15) is 4.79 Å². The Morgan fingerprint density at radius 2 is 1.90 bits per heavy atom. The highest BCUT2D eigenvalue weighted by molar-refractivity contribution is 14.0. The van der Waals surface area contributed by atoms with Gasteiger partial charge in [0.2, 0.25) is 0 Å². The number of ether oxygens (including phenoxy) is 2. The summed E-state index contributed by atoms with van der Waals surface area (Å²) in [4.78, 5) is 19.0. The maximum Gasteiger partial charge on any atom is 0.410 e. The van der Waals surface area contributed by atoms with E-state index in [1.165, 1.54) is 0 Å². The van der Waals surface area contributed by atoms with E-state index in [1.807, 2.05) is 37.8 Å². The van der Waals surface area contributed by atoms with Crippen molar-refractivity contribution in [3.63, 3.8) is 0 Å². The molecule has 7 nitrogen and oxygen atoms in total. The molecule has 2 N–H and O–H groups in total. The van der Waals surface area contributed by atoms with Crippen molar-refractivity contribution < 1.29 is 14.3 Å². The number of guanidine groups is 1. The Labute approximate surface area is 207 Å². The Kier molecular flexibility index (Phi) is 9.12. The van der Waals surface area contributed by atoms with Gasteiger partial charge in [-0.25, -0.2) is 4.79 Å². The molecule has 2 aliphatic rings. The minimum absolute atomic E-state index is 0. The Morgan fingerprint density at radius 1 is 1.26 bits per heavy atom. The predicted molar refractivity (Wildman–Crippen MR) is 135 cm³/mol. The number of rotatable bonds is 4. The third kappa shape index (κ3) is 6.78. The van der Waals surface area contributed by atoms with Gasteiger partial charge in [0, 0.05) is 42.3 Å². The molecular weight excluding hydrogens is 531 g/mol. The van der Waals surface area contributed by atoms with Crippen LogP contribution in [0.25, 0.3) is 0 Å². The number of nitrogens with zero attached hydrogens (tertiary/aromatic N) is 2. The number of carbonyl (C=O) groups is 1. The van der Waals surface area contributed by atoms with Gasteiger partial charge in [-0.2, -0.15) is 0 Å². The van der Waals surface area contributed by atoms with Crippen molar-refractivity contribution in [3.8, 4) is 5.75 Å². The molecule has 0 radical (unpaired) electrons. The molecule has 2 unspecified atom stereocenters. The molecular formula is C22H34ClIN4O3. The molecule has 0 spiro atoms. The van der Waals surface area contributed by atoms with E-state index in [0.29, 0.717) is 11.6 Å². The van der Waals surface area contributed by atoms with E-state index < -0.39 is 5.60 Å². The summed E-state index contributed by atoms with van der Waals surface area (Å²) in [6.45, 7) is 6.30. The lowest BCUT2D eigenvalue weighted by atomic mass is 9.98. The zero-order valence-corrected chi connectivity index (χ0v) is 22.0. The molecule has 3 rings (SSSR count). The second-order valence-electron chi connectivity index (χ2n) is 8.97. The number of aliphatic imine (C=N–C) groups is 1. The summed E-state index contributed by atoms with van der Waals surface area (Å²) < 4.78 is 11.0. The molecule has 2 atom stereocenters. The number of amides is 1. The number of halogens is 2. The van der Waals surface area contributed by atoms with Crippen molar-refractivity contribution in [1.82, 2.24) is 15.5 Å². The van der Waals surface area contributed by atoms with Gasteiger partial charge in [-0.05, 0) is 58.6 Å². The first-order valence-electron chi connectivity index (χ1n) is 10.5. The second-order valence-corrected chi connectivity index (χ2v) is 9.40. The van der Waals surface area contributed by atoms with E-state index in [4.69, 9.17) is 21.1 Å². The van der Waals surface area contributed by atoms with Crippen LogP contribution in [0.1, 0.15) is 52.0 Å². The molecule has 31 heavy (non-hydrogen) atoms. The first-order chi connectivity index (χ1) is 14.2. The highest BCUT2D eigenvalue weighted by atomic mass is 127. The van der Waals surface area contributed by atoms with Crippen LogP contribution in [0.2, 0.25) is 5.02 Å². The number of nitrogens with one attached hydrogen (secondary N) is 2. The Balaban J connectivity index is 0.00000341.